The second-order valence-corrected chi connectivity index (χ2v) is 26.5. The van der Waals surface area contributed by atoms with Crippen molar-refractivity contribution in [2.45, 2.75) is 168 Å². The van der Waals surface area contributed by atoms with Crippen LogP contribution in [0.4, 0.5) is 0 Å². The van der Waals surface area contributed by atoms with E-state index in [0.29, 0.717) is 17.5 Å². The van der Waals surface area contributed by atoms with Crippen molar-refractivity contribution in [1.29, 1.82) is 0 Å². The number of carboxylic acids is 2. The summed E-state index contributed by atoms with van der Waals surface area (Å²) in [5, 5.41) is 46.9. The molecule has 2 aliphatic rings. The largest absolute Gasteiger partial charge is 0.480 e. The van der Waals surface area contributed by atoms with E-state index in [4.69, 9.17) is 0 Å². The number of hydrogen-bond donors (Lipinski definition) is 10. The molecule has 498 valence electrons. The Morgan fingerprint density at radius 2 is 1.21 bits per heavy atom. The number of rotatable bonds is 15. The molecule has 10 N–H and O–H groups in total. The van der Waals surface area contributed by atoms with Gasteiger partial charge in [0.25, 0.3) is 0 Å². The number of carbonyl (C=O) groups excluding carboxylic acids is 9. The van der Waals surface area contributed by atoms with E-state index in [1.54, 1.807) is 86.7 Å². The monoisotopic (exact) mass is 1270 g/mol. The van der Waals surface area contributed by atoms with Crippen LogP contribution >= 0.6 is 0 Å². The zero-order valence-electron chi connectivity index (χ0n) is 54.7. The number of nitrogens with one attached hydrogen (secondary N) is 8. The summed E-state index contributed by atoms with van der Waals surface area (Å²) >= 11 is 0. The molecule has 1 saturated heterocycles. The normalized spacial score (nSPS) is 23.2. The molecule has 0 saturated carbocycles. The van der Waals surface area contributed by atoms with Crippen molar-refractivity contribution in [2.75, 3.05) is 39.8 Å². The molecule has 4 aromatic carbocycles. The molecule has 2 aliphatic heterocycles. The zero-order valence-corrected chi connectivity index (χ0v) is 54.7. The number of Topliss-reactive ketones (excluding diaryl/α,β-unsaturated/α-hetero) is 1. The Balaban J connectivity index is 1.39. The lowest BCUT2D eigenvalue weighted by Gasteiger charge is -2.44. The number of hydrogen-bond acceptors (Lipinski definition) is 13. The Hall–Kier alpha value is -8.57. The number of ketones is 1. The molecule has 0 aliphatic carbocycles. The van der Waals surface area contributed by atoms with Crippen LogP contribution in [0.1, 0.15) is 118 Å². The van der Waals surface area contributed by atoms with Crippen molar-refractivity contribution in [3.8, 4) is 0 Å². The van der Waals surface area contributed by atoms with Gasteiger partial charge >= 0.3 is 11.9 Å². The predicted molar refractivity (Wildman–Crippen MR) is 349 cm³/mol. The Morgan fingerprint density at radius 1 is 0.641 bits per heavy atom. The maximum atomic E-state index is 15.1. The van der Waals surface area contributed by atoms with E-state index in [2.05, 4.69) is 42.5 Å². The minimum atomic E-state index is -1.59. The van der Waals surface area contributed by atoms with Crippen LogP contribution in [0.25, 0.3) is 21.5 Å². The molecule has 11 atom stereocenters. The van der Waals surface area contributed by atoms with Gasteiger partial charge in [-0.25, -0.2) is 9.59 Å². The summed E-state index contributed by atoms with van der Waals surface area (Å²) in [5.41, 5.74) is -0.456. The van der Waals surface area contributed by atoms with Crippen molar-refractivity contribution in [2.24, 2.45) is 22.7 Å². The smallest absolute Gasteiger partial charge is 0.326 e. The molecule has 4 aromatic rings. The maximum absolute atomic E-state index is 15.1. The third kappa shape index (κ3) is 20.7. The predicted octanol–water partition coefficient (Wildman–Crippen LogP) is 4.33. The minimum absolute atomic E-state index is 0.00477. The first-order valence-electron chi connectivity index (χ1n) is 31.9. The molecule has 1 fully saturated rings. The molecule has 1 unspecified atom stereocenters. The van der Waals surface area contributed by atoms with E-state index in [9.17, 15) is 58.2 Å². The van der Waals surface area contributed by atoms with Crippen LogP contribution in [0.15, 0.2) is 97.1 Å². The lowest BCUT2D eigenvalue weighted by molar-refractivity contribution is -0.150. The summed E-state index contributed by atoms with van der Waals surface area (Å²) in [5.74, 6) is -10.1. The number of fused-ring (bicyclic) bond motifs is 4. The molecule has 23 heteroatoms. The van der Waals surface area contributed by atoms with Crippen molar-refractivity contribution >= 4 is 86.5 Å². The molecule has 23 nitrogen and oxygen atoms in total. The lowest BCUT2D eigenvalue weighted by Crippen LogP contribution is -2.67. The van der Waals surface area contributed by atoms with Crippen LogP contribution in [0.3, 0.4) is 0 Å². The fourth-order valence-electron chi connectivity index (χ4n) is 11.2. The summed E-state index contributed by atoms with van der Waals surface area (Å²) in [6.45, 7) is 16.1. The topological polar surface area (TPSA) is 331 Å². The molecule has 0 radical (unpaired) electrons. The molecular weight excluding hydrogens is 1180 g/mol. The molecule has 0 spiro atoms. The number of carboxylic acid groups (broad SMARTS) is 2. The van der Waals surface area contributed by atoms with Gasteiger partial charge in [0.05, 0.1) is 12.1 Å². The van der Waals surface area contributed by atoms with E-state index in [1.807, 2.05) is 84.6 Å². The molecular formula is C69H94N10O13. The van der Waals surface area contributed by atoms with Gasteiger partial charge in [0.15, 0.2) is 5.78 Å². The quantitative estimate of drug-likeness (QED) is 0.0741. The van der Waals surface area contributed by atoms with Gasteiger partial charge in [0.1, 0.15) is 36.3 Å². The van der Waals surface area contributed by atoms with Crippen molar-refractivity contribution in [3.63, 3.8) is 0 Å². The van der Waals surface area contributed by atoms with Gasteiger partial charge in [-0.2, -0.15) is 0 Å². The third-order valence-corrected chi connectivity index (χ3v) is 17.3. The van der Waals surface area contributed by atoms with E-state index in [1.165, 1.54) is 4.90 Å². The average Bonchev–Trinajstić information content (AvgIpc) is 0.867. The van der Waals surface area contributed by atoms with Crippen molar-refractivity contribution in [1.82, 2.24) is 52.3 Å². The zero-order chi connectivity index (χ0) is 67.6. The molecule has 6 rings (SSSR count). The van der Waals surface area contributed by atoms with Crippen LogP contribution in [0, 0.1) is 22.7 Å². The summed E-state index contributed by atoms with van der Waals surface area (Å²) < 4.78 is 0. The van der Waals surface area contributed by atoms with Gasteiger partial charge in [0.2, 0.25) is 47.3 Å². The fraction of sp³-hybridized carbons (Fsp3) is 0.522. The Labute approximate surface area is 538 Å². The summed E-state index contributed by atoms with van der Waals surface area (Å²) in [6, 6.07) is 16.0. The number of aliphatic carboxylic acids is 2. The first kappa shape index (κ1) is 72.5. The van der Waals surface area contributed by atoms with Crippen LogP contribution < -0.4 is 42.5 Å². The fourth-order valence-corrected chi connectivity index (χ4v) is 11.2. The third-order valence-electron chi connectivity index (χ3n) is 17.3. The van der Waals surface area contributed by atoms with E-state index < -0.39 is 136 Å². The Bertz CT molecular complexity index is 3360. The van der Waals surface area contributed by atoms with Gasteiger partial charge in [-0.3, -0.25) is 48.1 Å². The molecule has 2 bridgehead atoms. The molecule has 0 aromatic heterocycles. The standard InChI is InChI=1S/C69H94N10O13/c1-11-41(2)59(82)77-58(69(7,8)9)65(88)79-34-33-78-32-31-71-56(81)30-29-52(67(91)92)73-61(84)49(37-43-25-27-45-19-15-17-21-47(45)35-43)39-55(80)50(72-64(87)57(68(4,5)6)76-60(83)42(3)70-10)23-13-12-14-24-51(66(89)90)74-62(85)53(75-63(86)54(79)40-78)38-44-26-28-46-20-16-18-22-48(46)36-44/h12-13,15-22,25-28,35-36,41-42,49-54,57-58,70H,11,14,23-24,29-34,37-40H2,1-10H3,(H,71,81)(H,72,87)(H,73,84)(H,74,85)(H,75,86)(H,76,83)(H,77,82)(H,89,90)(H,91,92)/b13-12+/t41-,42+,49-,50+,51+,52+,53+,54+,57-,58-/m1/s1. The number of allylic oxidation sites excluding steroid dienone is 1. The average molecular weight is 1270 g/mol. The molecule has 92 heavy (non-hydrogen) atoms. The highest BCUT2D eigenvalue weighted by molar-refractivity contribution is 5.98. The first-order valence-corrected chi connectivity index (χ1v) is 31.9. The number of amides is 8. The van der Waals surface area contributed by atoms with Crippen LogP contribution in [0.2, 0.25) is 0 Å². The summed E-state index contributed by atoms with van der Waals surface area (Å²) in [7, 11) is 1.58. The van der Waals surface area contributed by atoms with E-state index >= 15 is 4.79 Å². The number of piperazine rings is 1. The Kier molecular flexibility index (Phi) is 26.1. The lowest BCUT2D eigenvalue weighted by atomic mass is 9.84. The first-order chi connectivity index (χ1) is 43.5. The van der Waals surface area contributed by atoms with Crippen LogP contribution in [-0.2, 0) is 65.6 Å². The van der Waals surface area contributed by atoms with Crippen molar-refractivity contribution < 1.29 is 63.0 Å². The van der Waals surface area contributed by atoms with E-state index in [-0.39, 0.29) is 83.6 Å². The van der Waals surface area contributed by atoms with Crippen LogP contribution in [0.5, 0.6) is 0 Å². The van der Waals surface area contributed by atoms with Gasteiger partial charge < -0.3 is 57.6 Å². The minimum Gasteiger partial charge on any atom is -0.480 e. The maximum Gasteiger partial charge on any atom is 0.326 e. The summed E-state index contributed by atoms with van der Waals surface area (Å²) in [4.78, 5) is 158. The highest BCUT2D eigenvalue weighted by atomic mass is 16.4. The SMILES string of the molecule is CC[C@@H](C)C(=O)N[C@H](C(=O)N1CCN2CCNC(=O)CC[C@@H](C(=O)O)NC(=O)[C@H](Cc3ccc4ccccc4c3)CC(=O)[C@@H](NC(=O)[C@@H](NC(=O)[C@H](C)NC)C(C)(C)C)C/C=C/CC[C@@H](C(=O)O)NC(=O)[C@H](Cc3ccc4ccccc4c3)NC(=O)[C@@H]1C2)C(C)(C)C. The van der Waals surface area contributed by atoms with Gasteiger partial charge in [-0.1, -0.05) is 152 Å². The number of benzene rings is 4. The Morgan fingerprint density at radius 3 is 1.78 bits per heavy atom. The highest BCUT2D eigenvalue weighted by Gasteiger charge is 2.44. The van der Waals surface area contributed by atoms with Gasteiger partial charge in [0, 0.05) is 63.8 Å². The molecule has 2 heterocycles. The van der Waals surface area contributed by atoms with E-state index in [0.717, 1.165) is 21.5 Å². The summed E-state index contributed by atoms with van der Waals surface area (Å²) in [6.07, 6.45) is 1.91. The number of likely N-dealkylation sites (N-methyl/N-ethyl adjacent to an activating group) is 1. The second-order valence-electron chi connectivity index (χ2n) is 26.5. The van der Waals surface area contributed by atoms with Gasteiger partial charge in [-0.15, -0.1) is 0 Å². The highest BCUT2D eigenvalue weighted by Crippen LogP contribution is 2.27. The second kappa shape index (κ2) is 33.1. The molecule has 8 amide bonds. The van der Waals surface area contributed by atoms with Crippen LogP contribution in [-0.4, -0.2) is 173 Å². The number of carbonyl (C=O) groups is 11. The van der Waals surface area contributed by atoms with Crippen molar-refractivity contribution in [3.05, 3.63) is 108 Å². The van der Waals surface area contributed by atoms with Gasteiger partial charge in [-0.05, 0) is 96.0 Å². The number of nitrogens with zero attached hydrogens (tertiary/aromatic N) is 2.